The third kappa shape index (κ3) is 2.69. The zero-order valence-electron chi connectivity index (χ0n) is 15.5. The Kier molecular flexibility index (Phi) is 3.99. The number of benzene rings is 4. The van der Waals surface area contributed by atoms with Crippen LogP contribution in [0, 0.1) is 0 Å². The van der Waals surface area contributed by atoms with Crippen molar-refractivity contribution in [3.8, 4) is 28.1 Å². The number of hydrogen-bond donors (Lipinski definition) is 0. The van der Waals surface area contributed by atoms with Crippen LogP contribution in [-0.4, -0.2) is 17.1 Å². The lowest BCUT2D eigenvalue weighted by Crippen LogP contribution is -1.93. The molecule has 5 aromatic rings. The van der Waals surface area contributed by atoms with Crippen LogP contribution >= 0.6 is 0 Å². The quantitative estimate of drug-likeness (QED) is 0.387. The van der Waals surface area contributed by atoms with Crippen LogP contribution in [0.3, 0.4) is 0 Å². The third-order valence-electron chi connectivity index (χ3n) is 5.11. The zero-order valence-corrected chi connectivity index (χ0v) is 15.5. The molecular weight excluding hydrogens is 344 g/mol. The molecule has 0 amide bonds. The van der Waals surface area contributed by atoms with Gasteiger partial charge in [-0.15, -0.1) is 0 Å². The van der Waals surface area contributed by atoms with E-state index in [-0.39, 0.29) is 0 Å². The first kappa shape index (κ1) is 16.5. The monoisotopic (exact) mass is 362 g/mol. The Labute approximate surface area is 163 Å². The van der Waals surface area contributed by atoms with Crippen LogP contribution in [0.15, 0.2) is 91.3 Å². The van der Waals surface area contributed by atoms with Crippen LogP contribution in [0.5, 0.6) is 5.75 Å². The molecule has 0 unspecified atom stereocenters. The molecule has 0 aliphatic heterocycles. The molecule has 3 heteroatoms. The highest BCUT2D eigenvalue weighted by molar-refractivity contribution is 6.08. The minimum Gasteiger partial charge on any atom is -0.497 e. The summed E-state index contributed by atoms with van der Waals surface area (Å²) in [7, 11) is 1.68. The Bertz CT molecular complexity index is 1290. The predicted molar refractivity (Wildman–Crippen MR) is 114 cm³/mol. The first-order valence-corrected chi connectivity index (χ1v) is 9.21. The lowest BCUT2D eigenvalue weighted by molar-refractivity contribution is 0.415. The van der Waals surface area contributed by atoms with Gasteiger partial charge in [0.2, 0.25) is 0 Å². The summed E-state index contributed by atoms with van der Waals surface area (Å²) >= 11 is 0. The van der Waals surface area contributed by atoms with Crippen molar-refractivity contribution < 1.29 is 4.74 Å². The summed E-state index contributed by atoms with van der Waals surface area (Å²) in [6.07, 6.45) is 1.65. The summed E-state index contributed by atoms with van der Waals surface area (Å²) in [5, 5.41) is 3.42. The molecule has 0 saturated carbocycles. The van der Waals surface area contributed by atoms with Gasteiger partial charge in [0.25, 0.3) is 0 Å². The van der Waals surface area contributed by atoms with Crippen molar-refractivity contribution in [3.63, 3.8) is 0 Å². The van der Waals surface area contributed by atoms with Gasteiger partial charge in [-0.2, -0.15) is 0 Å². The van der Waals surface area contributed by atoms with Crippen molar-refractivity contribution in [3.05, 3.63) is 91.3 Å². The molecule has 0 aliphatic carbocycles. The number of methoxy groups -OCH3 is 1. The van der Waals surface area contributed by atoms with E-state index in [4.69, 9.17) is 9.72 Å². The molecule has 4 aromatic carbocycles. The van der Waals surface area contributed by atoms with Crippen LogP contribution < -0.4 is 4.74 Å². The number of ether oxygens (including phenoxy) is 1. The number of aromatic nitrogens is 2. The Balaban J connectivity index is 1.87. The number of rotatable bonds is 3. The topological polar surface area (TPSA) is 35.0 Å². The second-order valence-corrected chi connectivity index (χ2v) is 6.68. The van der Waals surface area contributed by atoms with Crippen molar-refractivity contribution >= 4 is 21.7 Å². The number of nitrogens with zero attached hydrogens (tertiary/aromatic N) is 2. The molecule has 0 aliphatic rings. The summed E-state index contributed by atoms with van der Waals surface area (Å²) in [6.45, 7) is 0. The van der Waals surface area contributed by atoms with E-state index in [1.54, 1.807) is 13.4 Å². The largest absolute Gasteiger partial charge is 0.497 e. The van der Waals surface area contributed by atoms with Gasteiger partial charge in [0.05, 0.1) is 18.3 Å². The van der Waals surface area contributed by atoms with E-state index < -0.39 is 0 Å². The van der Waals surface area contributed by atoms with Gasteiger partial charge in [0.15, 0.2) is 0 Å². The van der Waals surface area contributed by atoms with Gasteiger partial charge in [-0.05, 0) is 40.1 Å². The molecule has 1 aromatic heterocycles. The summed E-state index contributed by atoms with van der Waals surface area (Å²) in [5.74, 6) is 0.846. The molecule has 0 N–H and O–H groups in total. The fraction of sp³-hybridized carbons (Fsp3) is 0.0400. The van der Waals surface area contributed by atoms with Gasteiger partial charge in [0, 0.05) is 10.9 Å². The smallest absolute Gasteiger partial charge is 0.118 e. The molecule has 1 heterocycles. The van der Waals surface area contributed by atoms with Gasteiger partial charge in [-0.25, -0.2) is 9.97 Å². The van der Waals surface area contributed by atoms with E-state index in [2.05, 4.69) is 59.6 Å². The molecular formula is C25H18N2O. The SMILES string of the molecule is COc1ccc(-c2ccc3ccccc3c2-c2ncnc3ccccc23)cc1. The second kappa shape index (κ2) is 6.78. The van der Waals surface area contributed by atoms with Gasteiger partial charge in [0.1, 0.15) is 12.1 Å². The molecule has 0 fully saturated rings. The van der Waals surface area contributed by atoms with Crippen molar-refractivity contribution in [2.24, 2.45) is 0 Å². The van der Waals surface area contributed by atoms with E-state index >= 15 is 0 Å². The molecule has 3 nitrogen and oxygen atoms in total. The molecule has 0 bridgehead atoms. The predicted octanol–water partition coefficient (Wildman–Crippen LogP) is 6.13. The van der Waals surface area contributed by atoms with Crippen molar-refractivity contribution in [1.29, 1.82) is 0 Å². The minimum atomic E-state index is 0.846. The first-order valence-electron chi connectivity index (χ1n) is 9.21. The fourth-order valence-electron chi connectivity index (χ4n) is 3.74. The lowest BCUT2D eigenvalue weighted by atomic mass is 9.91. The van der Waals surface area contributed by atoms with Crippen LogP contribution in [0.2, 0.25) is 0 Å². The van der Waals surface area contributed by atoms with Crippen LogP contribution in [0.25, 0.3) is 44.1 Å². The molecule has 0 radical (unpaired) electrons. The minimum absolute atomic E-state index is 0.846. The number of para-hydroxylation sites is 1. The summed E-state index contributed by atoms with van der Waals surface area (Å²) in [5.41, 5.74) is 5.30. The van der Waals surface area contributed by atoms with Crippen LogP contribution in [0.4, 0.5) is 0 Å². The summed E-state index contributed by atoms with van der Waals surface area (Å²) in [4.78, 5) is 9.16. The summed E-state index contributed by atoms with van der Waals surface area (Å²) in [6, 6.07) is 29.1. The molecule has 0 spiro atoms. The fourth-order valence-corrected chi connectivity index (χ4v) is 3.74. The standard InChI is InChI=1S/C25H18N2O/c1-28-19-13-10-18(11-14-19)21-15-12-17-6-2-3-7-20(17)24(21)25-22-8-4-5-9-23(22)26-16-27-25/h2-16H,1H3. The average Bonchev–Trinajstić information content (AvgIpc) is 2.78. The molecule has 28 heavy (non-hydrogen) atoms. The van der Waals surface area contributed by atoms with Gasteiger partial charge in [-0.1, -0.05) is 66.7 Å². The van der Waals surface area contributed by atoms with Crippen LogP contribution in [-0.2, 0) is 0 Å². The highest BCUT2D eigenvalue weighted by Crippen LogP contribution is 2.39. The van der Waals surface area contributed by atoms with E-state index in [0.29, 0.717) is 0 Å². The van der Waals surface area contributed by atoms with Gasteiger partial charge >= 0.3 is 0 Å². The maximum Gasteiger partial charge on any atom is 0.118 e. The molecule has 5 rings (SSSR count). The van der Waals surface area contributed by atoms with E-state index in [1.165, 1.54) is 10.8 Å². The number of fused-ring (bicyclic) bond motifs is 2. The Morgan fingerprint density at radius 1 is 0.679 bits per heavy atom. The number of hydrogen-bond acceptors (Lipinski definition) is 3. The third-order valence-corrected chi connectivity index (χ3v) is 5.11. The summed E-state index contributed by atoms with van der Waals surface area (Å²) < 4.78 is 5.33. The van der Waals surface area contributed by atoms with E-state index in [0.717, 1.165) is 39.0 Å². The lowest BCUT2D eigenvalue weighted by Gasteiger charge is -2.15. The van der Waals surface area contributed by atoms with E-state index in [1.807, 2.05) is 30.3 Å². The highest BCUT2D eigenvalue weighted by atomic mass is 16.5. The second-order valence-electron chi connectivity index (χ2n) is 6.68. The van der Waals surface area contributed by atoms with Gasteiger partial charge < -0.3 is 4.74 Å². The van der Waals surface area contributed by atoms with Crippen molar-refractivity contribution in [2.75, 3.05) is 7.11 Å². The maximum atomic E-state index is 5.33. The molecule has 134 valence electrons. The normalized spacial score (nSPS) is 11.0. The maximum absolute atomic E-state index is 5.33. The highest BCUT2D eigenvalue weighted by Gasteiger charge is 2.15. The molecule has 0 saturated heterocycles. The Morgan fingerprint density at radius 3 is 2.25 bits per heavy atom. The van der Waals surface area contributed by atoms with Crippen molar-refractivity contribution in [2.45, 2.75) is 0 Å². The van der Waals surface area contributed by atoms with Crippen molar-refractivity contribution in [1.82, 2.24) is 9.97 Å². The average molecular weight is 362 g/mol. The van der Waals surface area contributed by atoms with Crippen LogP contribution in [0.1, 0.15) is 0 Å². The zero-order chi connectivity index (χ0) is 18.9. The van der Waals surface area contributed by atoms with Gasteiger partial charge in [-0.3, -0.25) is 0 Å². The Hall–Kier alpha value is -3.72. The first-order chi connectivity index (χ1) is 13.8. The van der Waals surface area contributed by atoms with E-state index in [9.17, 15) is 0 Å². The molecule has 0 atom stereocenters. The Morgan fingerprint density at radius 2 is 1.43 bits per heavy atom.